The van der Waals surface area contributed by atoms with Crippen LogP contribution >= 0.6 is 0 Å². The second-order valence-electron chi connectivity index (χ2n) is 14.4. The van der Waals surface area contributed by atoms with E-state index >= 15 is 0 Å². The van der Waals surface area contributed by atoms with Crippen LogP contribution in [0, 0.1) is 11.3 Å². The minimum atomic E-state index is 0.549. The first-order chi connectivity index (χ1) is 28.7. The molecule has 8 aromatic carbocycles. The van der Waals surface area contributed by atoms with Gasteiger partial charge in [-0.05, 0) is 60.7 Å². The normalized spacial score (nSPS) is 11.4. The lowest BCUT2D eigenvalue weighted by atomic mass is 9.96. The molecular formula is C52H32N6. The fraction of sp³-hybridized carbons (Fsp3) is 0. The monoisotopic (exact) mass is 740 g/mol. The molecule has 0 aliphatic rings. The van der Waals surface area contributed by atoms with E-state index in [9.17, 15) is 5.26 Å². The minimum Gasteiger partial charge on any atom is -0.309 e. The van der Waals surface area contributed by atoms with E-state index in [1.807, 2.05) is 84.9 Å². The van der Waals surface area contributed by atoms with E-state index in [0.717, 1.165) is 72.0 Å². The van der Waals surface area contributed by atoms with Crippen molar-refractivity contribution in [3.8, 4) is 62.7 Å². The van der Waals surface area contributed by atoms with Gasteiger partial charge < -0.3 is 9.13 Å². The van der Waals surface area contributed by atoms with Crippen molar-refractivity contribution in [3.05, 3.63) is 200 Å². The van der Waals surface area contributed by atoms with E-state index in [-0.39, 0.29) is 0 Å². The number of aromatic nitrogens is 5. The van der Waals surface area contributed by atoms with Crippen LogP contribution in [0.3, 0.4) is 0 Å². The zero-order valence-corrected chi connectivity index (χ0v) is 31.2. The average Bonchev–Trinajstić information content (AvgIpc) is 3.80. The van der Waals surface area contributed by atoms with Crippen LogP contribution in [-0.4, -0.2) is 24.1 Å². The van der Waals surface area contributed by atoms with Crippen molar-refractivity contribution >= 4 is 43.6 Å². The lowest BCUT2D eigenvalue weighted by molar-refractivity contribution is 1.07. The summed E-state index contributed by atoms with van der Waals surface area (Å²) in [5.41, 5.74) is 11.4. The quantitative estimate of drug-likeness (QED) is 0.170. The molecule has 0 aliphatic heterocycles. The molecule has 0 aliphatic carbocycles. The Kier molecular flexibility index (Phi) is 7.76. The molecule has 0 saturated carbocycles. The topological polar surface area (TPSA) is 72.3 Å². The Morgan fingerprint density at radius 3 is 1.45 bits per heavy atom. The van der Waals surface area contributed by atoms with Crippen LogP contribution in [0.1, 0.15) is 5.56 Å². The van der Waals surface area contributed by atoms with Gasteiger partial charge in [0.25, 0.3) is 0 Å². The first kappa shape index (κ1) is 33.2. The van der Waals surface area contributed by atoms with E-state index in [1.54, 1.807) is 0 Å². The number of benzene rings is 8. The number of hydrogen-bond acceptors (Lipinski definition) is 4. The molecule has 3 heterocycles. The van der Waals surface area contributed by atoms with Crippen LogP contribution in [0.5, 0.6) is 0 Å². The third-order valence-corrected chi connectivity index (χ3v) is 11.0. The molecule has 0 fully saturated rings. The van der Waals surface area contributed by atoms with Crippen molar-refractivity contribution < 1.29 is 0 Å². The van der Waals surface area contributed by atoms with E-state index in [0.29, 0.717) is 23.0 Å². The van der Waals surface area contributed by atoms with Crippen molar-refractivity contribution in [2.75, 3.05) is 0 Å². The molecular weight excluding hydrogens is 709 g/mol. The Morgan fingerprint density at radius 2 is 0.845 bits per heavy atom. The maximum atomic E-state index is 10.5. The average molecular weight is 741 g/mol. The number of nitriles is 1. The largest absolute Gasteiger partial charge is 0.309 e. The maximum absolute atomic E-state index is 10.5. The SMILES string of the molecule is N#Cc1ccccc1-c1cc(-c2nc(-c3ccccc3)nc(-c3ccccc3)n2)ccc1-n1c2ccccc2c2cc3c(cc21)c1ccccc1n3-c1ccccc1. The third-order valence-electron chi connectivity index (χ3n) is 11.0. The first-order valence-electron chi connectivity index (χ1n) is 19.3. The summed E-state index contributed by atoms with van der Waals surface area (Å²) < 4.78 is 4.71. The highest BCUT2D eigenvalue weighted by Gasteiger charge is 2.22. The van der Waals surface area contributed by atoms with Crippen LogP contribution in [0.25, 0.3) is 100 Å². The Bertz CT molecular complexity index is 3340. The number of nitrogens with zero attached hydrogens (tertiary/aromatic N) is 6. The van der Waals surface area contributed by atoms with E-state index in [4.69, 9.17) is 15.0 Å². The molecule has 0 amide bonds. The number of hydrogen-bond donors (Lipinski definition) is 0. The summed E-state index contributed by atoms with van der Waals surface area (Å²) in [4.78, 5) is 15.1. The van der Waals surface area contributed by atoms with E-state index < -0.39 is 0 Å². The minimum absolute atomic E-state index is 0.549. The molecule has 6 heteroatoms. The van der Waals surface area contributed by atoms with Crippen LogP contribution in [0.4, 0.5) is 0 Å². The molecule has 0 saturated heterocycles. The second kappa shape index (κ2) is 13.6. The van der Waals surface area contributed by atoms with Gasteiger partial charge in [0.2, 0.25) is 0 Å². The van der Waals surface area contributed by atoms with Crippen LogP contribution in [-0.2, 0) is 0 Å². The predicted molar refractivity (Wildman–Crippen MR) is 235 cm³/mol. The Hall–Kier alpha value is -8.14. The molecule has 0 N–H and O–H groups in total. The standard InChI is InChI=1S/C52H32N6/c53-33-37-20-10-11-23-39(37)42-30-36(52-55-50(34-16-4-1-5-17-34)54-51(56-52)35-18-6-2-7-19-35)28-29-47(42)58-46-27-15-13-25-41(46)44-31-48-43(32-49(44)58)40-24-12-14-26-45(40)57(48)38-21-8-3-9-22-38/h1-32H. The molecule has 11 rings (SSSR count). The van der Waals surface area contributed by atoms with Gasteiger partial charge in [-0.3, -0.25) is 0 Å². The van der Waals surface area contributed by atoms with Crippen molar-refractivity contribution in [1.82, 2.24) is 24.1 Å². The molecule has 0 radical (unpaired) electrons. The number of rotatable bonds is 6. The van der Waals surface area contributed by atoms with Crippen LogP contribution in [0.2, 0.25) is 0 Å². The zero-order valence-electron chi connectivity index (χ0n) is 31.2. The molecule has 3 aromatic heterocycles. The van der Waals surface area contributed by atoms with Gasteiger partial charge in [-0.15, -0.1) is 0 Å². The summed E-state index contributed by atoms with van der Waals surface area (Å²) in [5, 5.41) is 15.1. The molecule has 0 unspecified atom stereocenters. The molecule has 0 atom stereocenters. The highest BCUT2D eigenvalue weighted by atomic mass is 15.0. The van der Waals surface area contributed by atoms with Gasteiger partial charge >= 0.3 is 0 Å². The van der Waals surface area contributed by atoms with Gasteiger partial charge in [0.1, 0.15) is 0 Å². The van der Waals surface area contributed by atoms with Crippen molar-refractivity contribution in [2.24, 2.45) is 0 Å². The van der Waals surface area contributed by atoms with Crippen LogP contribution in [0.15, 0.2) is 194 Å². The molecule has 0 bridgehead atoms. The van der Waals surface area contributed by atoms with Crippen molar-refractivity contribution in [2.45, 2.75) is 0 Å². The highest BCUT2D eigenvalue weighted by Crippen LogP contribution is 2.42. The fourth-order valence-corrected chi connectivity index (χ4v) is 8.38. The van der Waals surface area contributed by atoms with Gasteiger partial charge in [0.05, 0.1) is 39.4 Å². The van der Waals surface area contributed by atoms with E-state index in [2.05, 4.69) is 124 Å². The first-order valence-corrected chi connectivity index (χ1v) is 19.3. The number of para-hydroxylation sites is 3. The van der Waals surface area contributed by atoms with Crippen LogP contribution < -0.4 is 0 Å². The van der Waals surface area contributed by atoms with Gasteiger partial charge in [0.15, 0.2) is 17.5 Å². The summed E-state index contributed by atoms with van der Waals surface area (Å²) in [7, 11) is 0. The second-order valence-corrected chi connectivity index (χ2v) is 14.4. The highest BCUT2D eigenvalue weighted by molar-refractivity contribution is 6.19. The molecule has 6 nitrogen and oxygen atoms in total. The molecule has 11 aromatic rings. The van der Waals surface area contributed by atoms with E-state index in [1.165, 1.54) is 10.8 Å². The predicted octanol–water partition coefficient (Wildman–Crippen LogP) is 12.6. The van der Waals surface area contributed by atoms with Gasteiger partial charge in [-0.2, -0.15) is 5.26 Å². The van der Waals surface area contributed by atoms with Gasteiger partial charge in [-0.1, -0.05) is 133 Å². The molecule has 270 valence electrons. The van der Waals surface area contributed by atoms with Gasteiger partial charge in [0, 0.05) is 55.0 Å². The fourth-order valence-electron chi connectivity index (χ4n) is 8.38. The summed E-state index contributed by atoms with van der Waals surface area (Å²) in [6, 6.07) is 69.1. The number of fused-ring (bicyclic) bond motifs is 6. The summed E-state index contributed by atoms with van der Waals surface area (Å²) in [5.74, 6) is 1.73. The van der Waals surface area contributed by atoms with Gasteiger partial charge in [-0.25, -0.2) is 15.0 Å². The summed E-state index contributed by atoms with van der Waals surface area (Å²) in [6.07, 6.45) is 0. The van der Waals surface area contributed by atoms with Crippen molar-refractivity contribution in [3.63, 3.8) is 0 Å². The summed E-state index contributed by atoms with van der Waals surface area (Å²) in [6.45, 7) is 0. The lowest BCUT2D eigenvalue weighted by Gasteiger charge is -2.17. The lowest BCUT2D eigenvalue weighted by Crippen LogP contribution is -2.02. The Morgan fingerprint density at radius 1 is 0.362 bits per heavy atom. The molecule has 0 spiro atoms. The smallest absolute Gasteiger partial charge is 0.164 e. The molecule has 58 heavy (non-hydrogen) atoms. The third kappa shape index (κ3) is 5.37. The maximum Gasteiger partial charge on any atom is 0.164 e. The summed E-state index contributed by atoms with van der Waals surface area (Å²) >= 11 is 0. The Labute approximate surface area is 334 Å². The Balaban J connectivity index is 1.20. The zero-order chi connectivity index (χ0) is 38.6. The van der Waals surface area contributed by atoms with Crippen molar-refractivity contribution in [1.29, 1.82) is 5.26 Å².